The molecule has 5 heteroatoms. The number of carbonyl (C=O) groups is 2. The van der Waals surface area contributed by atoms with Crippen LogP contribution in [0.15, 0.2) is 24.3 Å². The van der Waals surface area contributed by atoms with E-state index >= 15 is 0 Å². The van der Waals surface area contributed by atoms with E-state index in [1.165, 1.54) is 24.3 Å². The lowest BCUT2D eigenvalue weighted by Crippen LogP contribution is -2.56. The summed E-state index contributed by atoms with van der Waals surface area (Å²) < 4.78 is 18.6. The summed E-state index contributed by atoms with van der Waals surface area (Å²) in [5.74, 6) is -0.000704. The van der Waals surface area contributed by atoms with E-state index in [1.54, 1.807) is 6.92 Å². The normalized spacial score (nSPS) is 36.9. The van der Waals surface area contributed by atoms with Crippen LogP contribution in [0.25, 0.3) is 0 Å². The molecule has 0 aliphatic heterocycles. The number of ketones is 1. The summed E-state index contributed by atoms with van der Waals surface area (Å²) in [5.41, 5.74) is -0.176. The fourth-order valence-corrected chi connectivity index (χ4v) is 6.27. The maximum Gasteiger partial charge on any atom is 0.312 e. The number of Topliss-reactive ketones (excluding diaryl/α,β-unsaturated/α-hetero) is 1. The lowest BCUT2D eigenvalue weighted by atomic mass is 9.49. The van der Waals surface area contributed by atoms with Crippen molar-refractivity contribution < 1.29 is 18.7 Å². The fourth-order valence-electron chi connectivity index (χ4n) is 5.58. The number of rotatable bonds is 4. The molecule has 3 nitrogen and oxygen atoms in total. The number of alkyl halides is 1. The van der Waals surface area contributed by atoms with Crippen LogP contribution in [-0.2, 0) is 9.53 Å². The Bertz CT molecular complexity index is 700. The highest BCUT2D eigenvalue weighted by Crippen LogP contribution is 2.64. The van der Waals surface area contributed by atoms with Crippen LogP contribution < -0.4 is 0 Å². The predicted octanol–water partition coefficient (Wildman–Crippen LogP) is 4.52. The van der Waals surface area contributed by atoms with Crippen molar-refractivity contribution in [2.45, 2.75) is 56.4 Å². The summed E-state index contributed by atoms with van der Waals surface area (Å²) in [6.45, 7) is 1.58. The third-order valence-electron chi connectivity index (χ3n) is 6.20. The second kappa shape index (κ2) is 5.80. The summed E-state index contributed by atoms with van der Waals surface area (Å²) >= 11 is 6.76. The number of benzene rings is 1. The molecule has 4 saturated carbocycles. The quantitative estimate of drug-likeness (QED) is 0.448. The third kappa shape index (κ3) is 2.99. The van der Waals surface area contributed by atoms with Gasteiger partial charge in [0.1, 0.15) is 5.82 Å². The molecule has 2 unspecified atom stereocenters. The molecule has 4 fully saturated rings. The van der Waals surface area contributed by atoms with Gasteiger partial charge in [0.25, 0.3) is 0 Å². The Kier molecular flexibility index (Phi) is 3.95. The molecule has 25 heavy (non-hydrogen) atoms. The van der Waals surface area contributed by atoms with Crippen LogP contribution >= 0.6 is 11.6 Å². The Morgan fingerprint density at radius 3 is 2.32 bits per heavy atom. The van der Waals surface area contributed by atoms with Crippen molar-refractivity contribution in [3.05, 3.63) is 35.6 Å². The van der Waals surface area contributed by atoms with E-state index < -0.39 is 17.3 Å². The Labute approximate surface area is 151 Å². The molecule has 5 atom stereocenters. The molecule has 0 spiro atoms. The molecule has 0 aromatic heterocycles. The van der Waals surface area contributed by atoms with Crippen molar-refractivity contribution in [2.75, 3.05) is 0 Å². The lowest BCUT2D eigenvalue weighted by molar-refractivity contribution is -0.172. The third-order valence-corrected chi connectivity index (χ3v) is 6.65. The van der Waals surface area contributed by atoms with Crippen molar-refractivity contribution in [1.82, 2.24) is 0 Å². The van der Waals surface area contributed by atoms with E-state index in [9.17, 15) is 14.0 Å². The average molecular weight is 365 g/mol. The van der Waals surface area contributed by atoms with E-state index in [2.05, 4.69) is 0 Å². The van der Waals surface area contributed by atoms with Gasteiger partial charge in [0.2, 0.25) is 5.78 Å². The molecule has 4 aliphatic rings. The summed E-state index contributed by atoms with van der Waals surface area (Å²) in [7, 11) is 0. The highest BCUT2D eigenvalue weighted by atomic mass is 35.5. The minimum atomic E-state index is -0.878. The zero-order valence-electron chi connectivity index (χ0n) is 14.3. The van der Waals surface area contributed by atoms with E-state index in [-0.39, 0.29) is 16.6 Å². The second-order valence-corrected chi connectivity index (χ2v) is 9.11. The Balaban J connectivity index is 1.48. The molecule has 134 valence electrons. The molecule has 0 N–H and O–H groups in total. The molecule has 4 bridgehead atoms. The first-order chi connectivity index (χ1) is 11.8. The Morgan fingerprint density at radius 2 is 1.76 bits per heavy atom. The maximum atomic E-state index is 13.0. The van der Waals surface area contributed by atoms with Crippen LogP contribution in [0.1, 0.15) is 55.8 Å². The molecule has 1 aromatic rings. The van der Waals surface area contributed by atoms with Gasteiger partial charge >= 0.3 is 5.97 Å². The number of hydrogen-bond donors (Lipinski definition) is 0. The highest BCUT2D eigenvalue weighted by Gasteiger charge is 2.61. The minimum Gasteiger partial charge on any atom is -0.454 e. The van der Waals surface area contributed by atoms with E-state index in [0.717, 1.165) is 32.1 Å². The first-order valence-electron chi connectivity index (χ1n) is 8.98. The smallest absolute Gasteiger partial charge is 0.312 e. The SMILES string of the molecule is C[C@@H](OC(=O)C12C[C@@H]3C[C@@H](CC(Cl)(C3)C1)C2)C(=O)c1ccc(F)cc1. The van der Waals surface area contributed by atoms with E-state index in [1.807, 2.05) is 0 Å². The number of hydrogen-bond acceptors (Lipinski definition) is 3. The predicted molar refractivity (Wildman–Crippen MR) is 92.0 cm³/mol. The zero-order chi connectivity index (χ0) is 17.8. The largest absolute Gasteiger partial charge is 0.454 e. The van der Waals surface area contributed by atoms with Gasteiger partial charge in [-0.25, -0.2) is 4.39 Å². The summed E-state index contributed by atoms with van der Waals surface area (Å²) in [5, 5.41) is 0. The van der Waals surface area contributed by atoms with Gasteiger partial charge < -0.3 is 4.74 Å². The van der Waals surface area contributed by atoms with Gasteiger partial charge in [-0.1, -0.05) is 0 Å². The van der Waals surface area contributed by atoms with Crippen LogP contribution in [0.3, 0.4) is 0 Å². The van der Waals surface area contributed by atoms with Gasteiger partial charge in [-0.2, -0.15) is 0 Å². The fraction of sp³-hybridized carbons (Fsp3) is 0.600. The standard InChI is InChI=1S/C20H22ClFO3/c1-12(17(23)15-2-4-16(22)5-3-15)25-18(24)19-7-13-6-14(8-19)10-20(21,9-13)11-19/h2-5,12-14H,6-11H2,1H3/t12-,13-,14+,19?,20?/m1/s1. The van der Waals surface area contributed by atoms with Crippen LogP contribution in [-0.4, -0.2) is 22.7 Å². The van der Waals surface area contributed by atoms with Crippen molar-refractivity contribution in [3.63, 3.8) is 0 Å². The van der Waals surface area contributed by atoms with Gasteiger partial charge in [-0.3, -0.25) is 9.59 Å². The van der Waals surface area contributed by atoms with Crippen LogP contribution in [0.4, 0.5) is 4.39 Å². The van der Waals surface area contributed by atoms with Gasteiger partial charge in [-0.15, -0.1) is 11.6 Å². The maximum absolute atomic E-state index is 13.0. The molecule has 1 aromatic carbocycles. The van der Waals surface area contributed by atoms with E-state index in [4.69, 9.17) is 16.3 Å². The number of ether oxygens (including phenoxy) is 1. The number of halogens is 2. The Hall–Kier alpha value is -1.42. The topological polar surface area (TPSA) is 43.4 Å². The molecular weight excluding hydrogens is 343 g/mol. The Morgan fingerprint density at radius 1 is 1.16 bits per heavy atom. The van der Waals surface area contributed by atoms with Crippen molar-refractivity contribution >= 4 is 23.4 Å². The second-order valence-electron chi connectivity index (χ2n) is 8.31. The van der Waals surface area contributed by atoms with Gasteiger partial charge in [-0.05, 0) is 81.5 Å². The van der Waals surface area contributed by atoms with Crippen molar-refractivity contribution in [1.29, 1.82) is 0 Å². The van der Waals surface area contributed by atoms with Crippen molar-refractivity contribution in [3.8, 4) is 0 Å². The van der Waals surface area contributed by atoms with Gasteiger partial charge in [0.05, 0.1) is 5.41 Å². The summed E-state index contributed by atoms with van der Waals surface area (Å²) in [4.78, 5) is 25.1. The van der Waals surface area contributed by atoms with Crippen LogP contribution in [0, 0.1) is 23.1 Å². The average Bonchev–Trinajstić information content (AvgIpc) is 2.52. The van der Waals surface area contributed by atoms with Gasteiger partial charge in [0.15, 0.2) is 6.10 Å². The molecule has 4 aliphatic carbocycles. The zero-order valence-corrected chi connectivity index (χ0v) is 15.0. The number of esters is 1. The first-order valence-corrected chi connectivity index (χ1v) is 9.36. The minimum absolute atomic E-state index is 0.271. The summed E-state index contributed by atoms with van der Waals surface area (Å²) in [6, 6.07) is 5.30. The number of carbonyl (C=O) groups excluding carboxylic acids is 2. The van der Waals surface area contributed by atoms with Crippen molar-refractivity contribution in [2.24, 2.45) is 17.3 Å². The molecule has 5 rings (SSSR count). The highest BCUT2D eigenvalue weighted by molar-refractivity contribution is 6.24. The monoisotopic (exact) mass is 364 g/mol. The van der Waals surface area contributed by atoms with Gasteiger partial charge in [0, 0.05) is 10.4 Å². The van der Waals surface area contributed by atoms with E-state index in [0.29, 0.717) is 23.8 Å². The summed E-state index contributed by atoms with van der Waals surface area (Å²) in [6.07, 6.45) is 4.58. The first kappa shape index (κ1) is 17.0. The molecular formula is C20H22ClFO3. The van der Waals surface area contributed by atoms with Crippen LogP contribution in [0.5, 0.6) is 0 Å². The molecule has 0 amide bonds. The van der Waals surface area contributed by atoms with Crippen LogP contribution in [0.2, 0.25) is 0 Å². The molecule has 0 radical (unpaired) electrons. The lowest BCUT2D eigenvalue weighted by Gasteiger charge is -2.58. The molecule has 0 heterocycles. The molecule has 0 saturated heterocycles.